The second kappa shape index (κ2) is 7.95. The molecule has 1 aliphatic heterocycles. The number of nitrogens with one attached hydrogen (secondary N) is 1. The van der Waals surface area contributed by atoms with Crippen LogP contribution in [0.1, 0.15) is 46.1 Å². The molecule has 0 saturated carbocycles. The lowest BCUT2D eigenvalue weighted by Gasteiger charge is -2.30. The summed E-state index contributed by atoms with van der Waals surface area (Å²) in [6.45, 7) is 3.67. The highest BCUT2D eigenvalue weighted by Gasteiger charge is 2.27. The van der Waals surface area contributed by atoms with Crippen LogP contribution in [0, 0.1) is 6.92 Å². The number of para-hydroxylation sites is 1. The number of carboxylic acids is 1. The third-order valence-corrected chi connectivity index (χ3v) is 5.40. The number of carbonyl (C=O) groups excluding carboxylic acids is 1. The number of rotatable bonds is 4. The largest absolute Gasteiger partial charge is 0.478 e. The number of oxazole rings is 1. The van der Waals surface area contributed by atoms with Crippen molar-refractivity contribution in [3.63, 3.8) is 0 Å². The van der Waals surface area contributed by atoms with Gasteiger partial charge in [0.1, 0.15) is 5.52 Å². The first-order valence-corrected chi connectivity index (χ1v) is 9.72. The van der Waals surface area contributed by atoms with Crippen molar-refractivity contribution in [1.29, 1.82) is 0 Å². The van der Waals surface area contributed by atoms with Crippen molar-refractivity contribution in [2.45, 2.75) is 32.2 Å². The molecule has 0 spiro atoms. The molecular formula is C22H23N3O4. The zero-order valence-electron chi connectivity index (χ0n) is 16.2. The maximum atomic E-state index is 12.5. The number of fused-ring (bicyclic) bond motifs is 1. The number of aromatic nitrogens is 1. The zero-order valence-corrected chi connectivity index (χ0v) is 16.2. The first-order chi connectivity index (χ1) is 14.0. The molecule has 2 heterocycles. The second-order valence-electron chi connectivity index (χ2n) is 7.40. The lowest BCUT2D eigenvalue weighted by Crippen LogP contribution is -2.43. The maximum Gasteiger partial charge on any atom is 0.335 e. The number of hydrogen-bond donors (Lipinski definition) is 2. The molecule has 150 valence electrons. The summed E-state index contributed by atoms with van der Waals surface area (Å²) >= 11 is 0. The Bertz CT molecular complexity index is 1030. The Hall–Kier alpha value is -3.35. The van der Waals surface area contributed by atoms with E-state index in [1.54, 1.807) is 17.0 Å². The van der Waals surface area contributed by atoms with Crippen molar-refractivity contribution in [2.24, 2.45) is 0 Å². The summed E-state index contributed by atoms with van der Waals surface area (Å²) in [6.07, 6.45) is 1.62. The summed E-state index contributed by atoms with van der Waals surface area (Å²) < 4.78 is 5.99. The zero-order chi connectivity index (χ0) is 20.4. The molecule has 1 aliphatic rings. The van der Waals surface area contributed by atoms with Crippen LogP contribution in [0.25, 0.3) is 11.1 Å². The SMILES string of the molecule is Cc1cccc2nc(C3CCN(C(=O)NCc4ccc(C(=O)O)cc4)CC3)oc12. The van der Waals surface area contributed by atoms with Crippen molar-refractivity contribution in [3.8, 4) is 0 Å². The van der Waals surface area contributed by atoms with Crippen molar-refractivity contribution >= 4 is 23.1 Å². The van der Waals surface area contributed by atoms with E-state index < -0.39 is 5.97 Å². The standard InChI is InChI=1S/C22H23N3O4/c1-14-3-2-4-18-19(14)29-20(24-18)16-9-11-25(12-10-16)22(28)23-13-15-5-7-17(8-6-15)21(26)27/h2-8,16H,9-13H2,1H3,(H,23,28)(H,26,27). The average Bonchev–Trinajstić information content (AvgIpc) is 3.18. The molecule has 4 rings (SSSR count). The molecule has 2 N–H and O–H groups in total. The highest BCUT2D eigenvalue weighted by Crippen LogP contribution is 2.30. The third-order valence-electron chi connectivity index (χ3n) is 5.40. The van der Waals surface area contributed by atoms with E-state index in [2.05, 4.69) is 10.3 Å². The second-order valence-corrected chi connectivity index (χ2v) is 7.40. The van der Waals surface area contributed by atoms with Gasteiger partial charge in [0.2, 0.25) is 0 Å². The van der Waals surface area contributed by atoms with E-state index >= 15 is 0 Å². The fourth-order valence-electron chi connectivity index (χ4n) is 3.66. The van der Waals surface area contributed by atoms with Crippen molar-refractivity contribution in [1.82, 2.24) is 15.2 Å². The van der Waals surface area contributed by atoms with Crippen LogP contribution in [0.15, 0.2) is 46.9 Å². The molecule has 1 aromatic heterocycles. The minimum absolute atomic E-state index is 0.112. The third kappa shape index (κ3) is 4.08. The summed E-state index contributed by atoms with van der Waals surface area (Å²) in [5, 5.41) is 11.8. The monoisotopic (exact) mass is 393 g/mol. The number of urea groups is 1. The predicted octanol–water partition coefficient (Wildman–Crippen LogP) is 3.92. The van der Waals surface area contributed by atoms with E-state index in [1.807, 2.05) is 25.1 Å². The first-order valence-electron chi connectivity index (χ1n) is 9.72. The molecule has 0 bridgehead atoms. The van der Waals surface area contributed by atoms with Crippen molar-refractivity contribution in [3.05, 3.63) is 65.0 Å². The number of piperidine rings is 1. The van der Waals surface area contributed by atoms with Crippen molar-refractivity contribution < 1.29 is 19.1 Å². The van der Waals surface area contributed by atoms with Crippen LogP contribution in [0.3, 0.4) is 0 Å². The molecule has 3 aromatic rings. The van der Waals surface area contributed by atoms with Gasteiger partial charge >= 0.3 is 12.0 Å². The first kappa shape index (κ1) is 19.0. The Morgan fingerprint density at radius 2 is 1.90 bits per heavy atom. The number of benzene rings is 2. The summed E-state index contributed by atoms with van der Waals surface area (Å²) in [4.78, 5) is 29.8. The minimum atomic E-state index is -0.961. The molecule has 7 nitrogen and oxygen atoms in total. The molecule has 1 fully saturated rings. The summed E-state index contributed by atoms with van der Waals surface area (Å²) in [7, 11) is 0. The molecule has 0 radical (unpaired) electrons. The molecule has 0 atom stereocenters. The van der Waals surface area contributed by atoms with E-state index in [0.29, 0.717) is 19.6 Å². The van der Waals surface area contributed by atoms with E-state index in [0.717, 1.165) is 41.0 Å². The van der Waals surface area contributed by atoms with Crippen LogP contribution in [0.4, 0.5) is 4.79 Å². The number of likely N-dealkylation sites (tertiary alicyclic amines) is 1. The molecule has 2 aromatic carbocycles. The molecule has 7 heteroatoms. The van der Waals surface area contributed by atoms with Crippen LogP contribution >= 0.6 is 0 Å². The number of hydrogen-bond acceptors (Lipinski definition) is 4. The molecule has 0 aliphatic carbocycles. The lowest BCUT2D eigenvalue weighted by atomic mass is 9.97. The van der Waals surface area contributed by atoms with E-state index in [9.17, 15) is 9.59 Å². The fourth-order valence-corrected chi connectivity index (χ4v) is 3.66. The summed E-state index contributed by atoms with van der Waals surface area (Å²) in [5.74, 6) is 0.0138. The number of carboxylic acid groups (broad SMARTS) is 1. The molecule has 1 saturated heterocycles. The summed E-state index contributed by atoms with van der Waals surface area (Å²) in [6, 6.07) is 12.3. The Labute approximate surface area is 168 Å². The van der Waals surface area contributed by atoms with E-state index in [-0.39, 0.29) is 17.5 Å². The number of aryl methyl sites for hydroxylation is 1. The van der Waals surface area contributed by atoms with E-state index in [4.69, 9.17) is 9.52 Å². The number of nitrogens with zero attached hydrogens (tertiary/aromatic N) is 2. The average molecular weight is 393 g/mol. The maximum absolute atomic E-state index is 12.5. The summed E-state index contributed by atoms with van der Waals surface area (Å²) in [5.41, 5.74) is 3.90. The Morgan fingerprint density at radius 3 is 2.55 bits per heavy atom. The topological polar surface area (TPSA) is 95.7 Å². The predicted molar refractivity (Wildman–Crippen MR) is 108 cm³/mol. The normalized spacial score (nSPS) is 14.9. The Kier molecular flexibility index (Phi) is 5.20. The van der Waals surface area contributed by atoms with Crippen LogP contribution < -0.4 is 5.32 Å². The number of carbonyl (C=O) groups is 2. The van der Waals surface area contributed by atoms with Crippen LogP contribution in [-0.4, -0.2) is 40.1 Å². The molecular weight excluding hydrogens is 370 g/mol. The van der Waals surface area contributed by atoms with Gasteiger partial charge in [0.05, 0.1) is 5.56 Å². The molecule has 2 amide bonds. The van der Waals surface area contributed by atoms with Crippen LogP contribution in [0.5, 0.6) is 0 Å². The van der Waals surface area contributed by atoms with Gasteiger partial charge in [-0.05, 0) is 49.1 Å². The van der Waals surface area contributed by atoms with Gasteiger partial charge in [-0.15, -0.1) is 0 Å². The highest BCUT2D eigenvalue weighted by atomic mass is 16.4. The Morgan fingerprint density at radius 1 is 1.17 bits per heavy atom. The smallest absolute Gasteiger partial charge is 0.335 e. The van der Waals surface area contributed by atoms with Gasteiger partial charge in [-0.1, -0.05) is 24.3 Å². The van der Waals surface area contributed by atoms with Gasteiger partial charge in [-0.25, -0.2) is 14.6 Å². The van der Waals surface area contributed by atoms with E-state index in [1.165, 1.54) is 12.1 Å². The van der Waals surface area contributed by atoms with Crippen molar-refractivity contribution in [2.75, 3.05) is 13.1 Å². The van der Waals surface area contributed by atoms with Gasteiger partial charge in [0, 0.05) is 25.6 Å². The lowest BCUT2D eigenvalue weighted by molar-refractivity contribution is 0.0697. The van der Waals surface area contributed by atoms with Gasteiger partial charge < -0.3 is 19.7 Å². The van der Waals surface area contributed by atoms with Crippen LogP contribution in [-0.2, 0) is 6.54 Å². The van der Waals surface area contributed by atoms with Gasteiger partial charge in [0.15, 0.2) is 11.5 Å². The minimum Gasteiger partial charge on any atom is -0.478 e. The fraction of sp³-hybridized carbons (Fsp3) is 0.318. The van der Waals surface area contributed by atoms with Crippen LogP contribution in [0.2, 0.25) is 0 Å². The highest BCUT2D eigenvalue weighted by molar-refractivity contribution is 5.87. The molecule has 29 heavy (non-hydrogen) atoms. The molecule has 0 unspecified atom stereocenters. The quantitative estimate of drug-likeness (QED) is 0.700. The van der Waals surface area contributed by atoms with Gasteiger partial charge in [-0.2, -0.15) is 0 Å². The van der Waals surface area contributed by atoms with Gasteiger partial charge in [-0.3, -0.25) is 0 Å². The Balaban J connectivity index is 1.31. The van der Waals surface area contributed by atoms with Gasteiger partial charge in [0.25, 0.3) is 0 Å². The number of amides is 2. The number of aromatic carboxylic acids is 1.